The molecule has 0 saturated heterocycles. The maximum absolute atomic E-state index is 12.8. The van der Waals surface area contributed by atoms with Gasteiger partial charge in [0.2, 0.25) is 5.91 Å². The molecule has 2 fully saturated rings. The van der Waals surface area contributed by atoms with Crippen molar-refractivity contribution < 1.29 is 4.79 Å². The Morgan fingerprint density at radius 1 is 1.08 bits per heavy atom. The van der Waals surface area contributed by atoms with E-state index in [2.05, 4.69) is 23.1 Å². The van der Waals surface area contributed by atoms with Gasteiger partial charge in [-0.15, -0.1) is 0 Å². The smallest absolute Gasteiger partial charge is 0.228 e. The number of fused-ring (bicyclic) bond motifs is 1. The average Bonchev–Trinajstić information content (AvgIpc) is 3.35. The first-order valence-electron chi connectivity index (χ1n) is 9.93. The van der Waals surface area contributed by atoms with Gasteiger partial charge in [-0.1, -0.05) is 37.5 Å². The molecule has 24 heavy (non-hydrogen) atoms. The highest BCUT2D eigenvalue weighted by Crippen LogP contribution is 2.33. The van der Waals surface area contributed by atoms with E-state index in [1.807, 2.05) is 11.0 Å². The molecule has 0 unspecified atom stereocenters. The van der Waals surface area contributed by atoms with Crippen LogP contribution in [0, 0.1) is 5.92 Å². The largest absolute Gasteiger partial charge is 0.312 e. The van der Waals surface area contributed by atoms with Gasteiger partial charge in [-0.2, -0.15) is 0 Å². The van der Waals surface area contributed by atoms with Gasteiger partial charge in [0.05, 0.1) is 0 Å². The third-order valence-electron chi connectivity index (χ3n) is 6.08. The average molecular weight is 326 g/mol. The highest BCUT2D eigenvalue weighted by Gasteiger charge is 2.30. The number of hydrogen-bond acceptors (Lipinski definition) is 2. The van der Waals surface area contributed by atoms with Crippen molar-refractivity contribution in [1.82, 2.24) is 4.90 Å². The number of amides is 1. The summed E-state index contributed by atoms with van der Waals surface area (Å²) >= 11 is 0. The van der Waals surface area contributed by atoms with E-state index in [0.29, 0.717) is 12.3 Å². The lowest BCUT2D eigenvalue weighted by Crippen LogP contribution is -2.41. The highest BCUT2D eigenvalue weighted by atomic mass is 16.2. The molecule has 0 radical (unpaired) electrons. The maximum Gasteiger partial charge on any atom is 0.228 e. The molecule has 1 aromatic rings. The number of anilines is 1. The normalized spacial score (nSPS) is 21.3. The fourth-order valence-corrected chi connectivity index (χ4v) is 4.47. The summed E-state index contributed by atoms with van der Waals surface area (Å²) in [5.41, 5.74) is 2.47. The zero-order valence-electron chi connectivity index (χ0n) is 14.8. The highest BCUT2D eigenvalue weighted by molar-refractivity contribution is 5.95. The number of hydrogen-bond donors (Lipinski definition) is 0. The van der Waals surface area contributed by atoms with Crippen LogP contribution in [0.4, 0.5) is 5.69 Å². The monoisotopic (exact) mass is 326 g/mol. The van der Waals surface area contributed by atoms with Crippen molar-refractivity contribution >= 4 is 11.6 Å². The molecule has 2 saturated carbocycles. The Morgan fingerprint density at radius 3 is 2.67 bits per heavy atom. The van der Waals surface area contributed by atoms with Crippen LogP contribution in [0.3, 0.4) is 0 Å². The summed E-state index contributed by atoms with van der Waals surface area (Å²) in [6.07, 6.45) is 11.3. The zero-order valence-corrected chi connectivity index (χ0v) is 14.8. The van der Waals surface area contributed by atoms with E-state index in [1.54, 1.807) is 0 Å². The molecule has 1 amide bonds. The van der Waals surface area contributed by atoms with Crippen molar-refractivity contribution in [3.05, 3.63) is 29.8 Å². The van der Waals surface area contributed by atoms with Crippen LogP contribution >= 0.6 is 0 Å². The predicted octanol–water partition coefficient (Wildman–Crippen LogP) is 4.01. The third kappa shape index (κ3) is 3.66. The molecule has 0 N–H and O–H groups in total. The first kappa shape index (κ1) is 16.1. The van der Waals surface area contributed by atoms with Crippen molar-refractivity contribution in [3.8, 4) is 0 Å². The number of para-hydroxylation sites is 1. The fourth-order valence-electron chi connectivity index (χ4n) is 4.47. The first-order valence-corrected chi connectivity index (χ1v) is 9.93. The Labute approximate surface area is 146 Å². The minimum atomic E-state index is 0.316. The van der Waals surface area contributed by atoms with Gasteiger partial charge in [0.15, 0.2) is 0 Å². The van der Waals surface area contributed by atoms with Crippen molar-refractivity contribution in [2.24, 2.45) is 5.92 Å². The fraction of sp³-hybridized carbons (Fsp3) is 0.667. The van der Waals surface area contributed by atoms with Gasteiger partial charge in [0, 0.05) is 37.8 Å². The lowest BCUT2D eigenvalue weighted by atomic mass is 9.94. The van der Waals surface area contributed by atoms with Crippen LogP contribution < -0.4 is 4.90 Å². The Morgan fingerprint density at radius 2 is 1.88 bits per heavy atom. The Kier molecular flexibility index (Phi) is 4.88. The molecule has 1 aliphatic heterocycles. The predicted molar refractivity (Wildman–Crippen MR) is 98.3 cm³/mol. The summed E-state index contributed by atoms with van der Waals surface area (Å²) < 4.78 is 0. The lowest BCUT2D eigenvalue weighted by molar-refractivity contribution is -0.119. The first-order chi connectivity index (χ1) is 11.8. The maximum atomic E-state index is 12.8. The lowest BCUT2D eigenvalue weighted by Gasteiger charge is -2.34. The molecular formula is C21H30N2O. The van der Waals surface area contributed by atoms with E-state index >= 15 is 0 Å². The molecule has 0 aromatic heterocycles. The summed E-state index contributed by atoms with van der Waals surface area (Å²) in [5, 5.41) is 0. The second-order valence-electron chi connectivity index (χ2n) is 7.90. The second-order valence-corrected chi connectivity index (χ2v) is 7.90. The molecular weight excluding hydrogens is 296 g/mol. The van der Waals surface area contributed by atoms with E-state index in [1.165, 1.54) is 57.1 Å². The number of carbonyl (C=O) groups excluding carboxylic acids is 1. The van der Waals surface area contributed by atoms with Crippen LogP contribution in [0.5, 0.6) is 0 Å². The molecule has 3 nitrogen and oxygen atoms in total. The standard InChI is InChI=1S/C21H30N2O/c24-21(23-15-12-18-6-4-5-9-20(18)23)13-14-22(16-17-10-11-17)19-7-2-1-3-8-19/h4-6,9,17,19H,1-3,7-8,10-16H2. The van der Waals surface area contributed by atoms with Gasteiger partial charge in [-0.3, -0.25) is 9.69 Å². The van der Waals surface area contributed by atoms with E-state index in [0.717, 1.165) is 37.2 Å². The van der Waals surface area contributed by atoms with Crippen molar-refractivity contribution in [1.29, 1.82) is 0 Å². The molecule has 0 bridgehead atoms. The van der Waals surface area contributed by atoms with Crippen LogP contribution in [0.1, 0.15) is 56.9 Å². The Hall–Kier alpha value is -1.35. The van der Waals surface area contributed by atoms with Crippen LogP contribution in [-0.4, -0.2) is 36.5 Å². The third-order valence-corrected chi connectivity index (χ3v) is 6.08. The summed E-state index contributed by atoms with van der Waals surface area (Å²) in [6.45, 7) is 3.05. The van der Waals surface area contributed by atoms with E-state index in [-0.39, 0.29) is 0 Å². The van der Waals surface area contributed by atoms with Crippen molar-refractivity contribution in [2.45, 2.75) is 63.8 Å². The van der Waals surface area contributed by atoms with Crippen molar-refractivity contribution in [2.75, 3.05) is 24.5 Å². The van der Waals surface area contributed by atoms with Crippen LogP contribution in [0.25, 0.3) is 0 Å². The van der Waals surface area contributed by atoms with Gasteiger partial charge in [-0.05, 0) is 49.7 Å². The van der Waals surface area contributed by atoms with Crippen molar-refractivity contribution in [3.63, 3.8) is 0 Å². The molecule has 130 valence electrons. The summed E-state index contributed by atoms with van der Waals surface area (Å²) in [7, 11) is 0. The summed E-state index contributed by atoms with van der Waals surface area (Å²) in [4.78, 5) is 17.5. The van der Waals surface area contributed by atoms with Gasteiger partial charge in [0.1, 0.15) is 0 Å². The SMILES string of the molecule is O=C(CCN(CC1CC1)C1CCCCC1)N1CCc2ccccc21. The Balaban J connectivity index is 1.36. The van der Waals surface area contributed by atoms with E-state index in [9.17, 15) is 4.79 Å². The number of nitrogens with zero attached hydrogens (tertiary/aromatic N) is 2. The van der Waals surface area contributed by atoms with Gasteiger partial charge in [-0.25, -0.2) is 0 Å². The van der Waals surface area contributed by atoms with Crippen LogP contribution in [0.2, 0.25) is 0 Å². The van der Waals surface area contributed by atoms with Crippen LogP contribution in [-0.2, 0) is 11.2 Å². The number of carbonyl (C=O) groups is 1. The van der Waals surface area contributed by atoms with Gasteiger partial charge in [0.25, 0.3) is 0 Å². The number of benzene rings is 1. The quantitative estimate of drug-likeness (QED) is 0.788. The number of rotatable bonds is 6. The van der Waals surface area contributed by atoms with Crippen LogP contribution in [0.15, 0.2) is 24.3 Å². The summed E-state index contributed by atoms with van der Waals surface area (Å²) in [5.74, 6) is 1.23. The molecule has 4 rings (SSSR count). The molecule has 3 heteroatoms. The molecule has 0 atom stereocenters. The van der Waals surface area contributed by atoms with Gasteiger partial charge < -0.3 is 4.90 Å². The zero-order chi connectivity index (χ0) is 16.4. The molecule has 0 spiro atoms. The summed E-state index contributed by atoms with van der Waals surface area (Å²) in [6, 6.07) is 9.12. The van der Waals surface area contributed by atoms with E-state index in [4.69, 9.17) is 0 Å². The molecule has 2 aliphatic carbocycles. The topological polar surface area (TPSA) is 23.6 Å². The Bertz CT molecular complexity index is 575. The molecule has 1 aromatic carbocycles. The molecule has 3 aliphatic rings. The second kappa shape index (κ2) is 7.26. The minimum absolute atomic E-state index is 0.316. The minimum Gasteiger partial charge on any atom is -0.312 e. The van der Waals surface area contributed by atoms with Gasteiger partial charge >= 0.3 is 0 Å². The van der Waals surface area contributed by atoms with E-state index < -0.39 is 0 Å². The molecule has 1 heterocycles.